The highest BCUT2D eigenvalue weighted by molar-refractivity contribution is 5.68. The zero-order chi connectivity index (χ0) is 15.6. The Morgan fingerprint density at radius 1 is 1.24 bits per heavy atom. The maximum Gasteiger partial charge on any atom is 0.133 e. The first-order chi connectivity index (χ1) is 9.90. The van der Waals surface area contributed by atoms with Crippen LogP contribution in [0.1, 0.15) is 53.3 Å². The predicted molar refractivity (Wildman–Crippen MR) is 87.1 cm³/mol. The molecule has 0 aliphatic rings. The molecule has 5 heteroatoms. The molecule has 0 bridgehead atoms. The molecule has 2 rings (SSSR count). The molecule has 0 aliphatic heterocycles. The number of hydrogen-bond acceptors (Lipinski definition) is 3. The summed E-state index contributed by atoms with van der Waals surface area (Å²) in [7, 11) is 0. The van der Waals surface area contributed by atoms with Crippen LogP contribution in [-0.4, -0.2) is 19.1 Å². The van der Waals surface area contributed by atoms with Crippen molar-refractivity contribution in [2.24, 2.45) is 0 Å². The van der Waals surface area contributed by atoms with E-state index in [1.807, 2.05) is 12.5 Å². The molecule has 116 valence electrons. The van der Waals surface area contributed by atoms with Gasteiger partial charge in [-0.15, -0.1) is 0 Å². The molecule has 5 nitrogen and oxygen atoms in total. The van der Waals surface area contributed by atoms with E-state index in [1.165, 1.54) is 0 Å². The Labute approximate surface area is 127 Å². The fraction of sp³-hybridized carbons (Fsp3) is 0.625. The summed E-state index contributed by atoms with van der Waals surface area (Å²) < 4.78 is 4.25. The fourth-order valence-electron chi connectivity index (χ4n) is 2.54. The van der Waals surface area contributed by atoms with Crippen LogP contribution in [0.15, 0.2) is 12.5 Å². The van der Waals surface area contributed by atoms with Gasteiger partial charge >= 0.3 is 0 Å². The molecule has 0 aliphatic carbocycles. The van der Waals surface area contributed by atoms with E-state index < -0.39 is 0 Å². The second kappa shape index (κ2) is 5.92. The van der Waals surface area contributed by atoms with Crippen LogP contribution in [0.3, 0.4) is 0 Å². The molecule has 21 heavy (non-hydrogen) atoms. The van der Waals surface area contributed by atoms with E-state index in [9.17, 15) is 0 Å². The molecule has 0 saturated carbocycles. The average molecular weight is 289 g/mol. The Balaban J connectivity index is 2.56. The van der Waals surface area contributed by atoms with Crippen molar-refractivity contribution in [1.29, 1.82) is 0 Å². The lowest BCUT2D eigenvalue weighted by atomic mass is 9.95. The van der Waals surface area contributed by atoms with Gasteiger partial charge in [-0.25, -0.2) is 9.97 Å². The summed E-state index contributed by atoms with van der Waals surface area (Å²) in [5.41, 5.74) is 8.24. The van der Waals surface area contributed by atoms with Crippen LogP contribution in [0.5, 0.6) is 0 Å². The summed E-state index contributed by atoms with van der Waals surface area (Å²) in [5, 5.41) is 0. The minimum atomic E-state index is -0.0306. The zero-order valence-electron chi connectivity index (χ0n) is 13.8. The van der Waals surface area contributed by atoms with Gasteiger partial charge in [-0.3, -0.25) is 0 Å². The number of unbranched alkanes of at least 4 members (excludes halogenated alkanes) is 1. The molecule has 0 saturated heterocycles. The van der Waals surface area contributed by atoms with Gasteiger partial charge in [0, 0.05) is 18.5 Å². The Hall–Kier alpha value is -1.78. The summed E-state index contributed by atoms with van der Waals surface area (Å²) in [4.78, 5) is 9.09. The molecule has 0 unspecified atom stereocenters. The standard InChI is InChI=1S/C16H27N5/c1-6-8-9-21-14(17)13(19-15(21)16(3,4)5)12-10-18-11-20(12)7-2/h10-11H,6-9,17H2,1-5H3. The second-order valence-corrected chi connectivity index (χ2v) is 6.49. The van der Waals surface area contributed by atoms with E-state index in [0.717, 1.165) is 49.0 Å². The number of anilines is 1. The van der Waals surface area contributed by atoms with Crippen LogP contribution in [-0.2, 0) is 18.5 Å². The van der Waals surface area contributed by atoms with Crippen molar-refractivity contribution < 1.29 is 0 Å². The van der Waals surface area contributed by atoms with Crippen LogP contribution >= 0.6 is 0 Å². The molecule has 0 spiro atoms. The van der Waals surface area contributed by atoms with E-state index in [-0.39, 0.29) is 5.41 Å². The molecule has 2 N–H and O–H groups in total. The molecule has 0 radical (unpaired) electrons. The largest absolute Gasteiger partial charge is 0.383 e. The molecule has 0 aromatic carbocycles. The zero-order valence-corrected chi connectivity index (χ0v) is 13.8. The molecular formula is C16H27N5. The highest BCUT2D eigenvalue weighted by atomic mass is 15.2. The number of aromatic nitrogens is 4. The third-order valence-electron chi connectivity index (χ3n) is 3.71. The molecule has 2 heterocycles. The van der Waals surface area contributed by atoms with Crippen LogP contribution < -0.4 is 5.73 Å². The first-order valence-corrected chi connectivity index (χ1v) is 7.77. The van der Waals surface area contributed by atoms with Crippen LogP contribution in [0, 0.1) is 0 Å². The number of aryl methyl sites for hydroxylation is 1. The van der Waals surface area contributed by atoms with Crippen molar-refractivity contribution in [2.45, 2.75) is 66.0 Å². The van der Waals surface area contributed by atoms with E-state index in [2.05, 4.69) is 48.7 Å². The van der Waals surface area contributed by atoms with Crippen LogP contribution in [0.2, 0.25) is 0 Å². The van der Waals surface area contributed by atoms with Crippen molar-refractivity contribution in [2.75, 3.05) is 5.73 Å². The van der Waals surface area contributed by atoms with Crippen molar-refractivity contribution in [1.82, 2.24) is 19.1 Å². The SMILES string of the molecule is CCCCn1c(C(C)(C)C)nc(-c2cncn2CC)c1N. The Morgan fingerprint density at radius 2 is 1.95 bits per heavy atom. The number of imidazole rings is 2. The molecule has 2 aromatic heterocycles. The highest BCUT2D eigenvalue weighted by Gasteiger charge is 2.26. The third-order valence-corrected chi connectivity index (χ3v) is 3.71. The van der Waals surface area contributed by atoms with E-state index in [0.29, 0.717) is 0 Å². The lowest BCUT2D eigenvalue weighted by molar-refractivity contribution is 0.491. The van der Waals surface area contributed by atoms with Gasteiger partial charge in [0.25, 0.3) is 0 Å². The molecule has 2 aromatic rings. The van der Waals surface area contributed by atoms with Gasteiger partial charge < -0.3 is 14.9 Å². The van der Waals surface area contributed by atoms with Crippen molar-refractivity contribution in [3.63, 3.8) is 0 Å². The van der Waals surface area contributed by atoms with Crippen molar-refractivity contribution in [3.05, 3.63) is 18.3 Å². The second-order valence-electron chi connectivity index (χ2n) is 6.49. The quantitative estimate of drug-likeness (QED) is 0.917. The van der Waals surface area contributed by atoms with Crippen LogP contribution in [0.25, 0.3) is 11.4 Å². The van der Waals surface area contributed by atoms with Gasteiger partial charge in [0.1, 0.15) is 17.3 Å². The molecular weight excluding hydrogens is 262 g/mol. The van der Waals surface area contributed by atoms with Gasteiger partial charge in [0.05, 0.1) is 18.2 Å². The van der Waals surface area contributed by atoms with E-state index in [1.54, 1.807) is 0 Å². The predicted octanol–water partition coefficient (Wildman–Crippen LogP) is 3.45. The average Bonchev–Trinajstić information content (AvgIpc) is 2.99. The fourth-order valence-corrected chi connectivity index (χ4v) is 2.54. The Morgan fingerprint density at radius 3 is 2.52 bits per heavy atom. The number of nitrogens with zero attached hydrogens (tertiary/aromatic N) is 4. The number of rotatable bonds is 5. The van der Waals surface area contributed by atoms with Gasteiger partial charge in [-0.2, -0.15) is 0 Å². The topological polar surface area (TPSA) is 61.7 Å². The summed E-state index contributed by atoms with van der Waals surface area (Å²) in [6, 6.07) is 0. The van der Waals surface area contributed by atoms with Gasteiger partial charge in [-0.1, -0.05) is 34.1 Å². The maximum absolute atomic E-state index is 6.42. The molecule has 0 amide bonds. The first kappa shape index (κ1) is 15.6. The van der Waals surface area contributed by atoms with E-state index in [4.69, 9.17) is 10.7 Å². The summed E-state index contributed by atoms with van der Waals surface area (Å²) >= 11 is 0. The normalized spacial score (nSPS) is 12.0. The highest BCUT2D eigenvalue weighted by Crippen LogP contribution is 2.32. The van der Waals surface area contributed by atoms with Crippen molar-refractivity contribution in [3.8, 4) is 11.4 Å². The third kappa shape index (κ3) is 2.96. The Bertz CT molecular complexity index is 601. The van der Waals surface area contributed by atoms with Gasteiger partial charge in [-0.05, 0) is 13.3 Å². The first-order valence-electron chi connectivity index (χ1n) is 7.77. The number of nitrogen functional groups attached to an aromatic ring is 1. The van der Waals surface area contributed by atoms with E-state index >= 15 is 0 Å². The van der Waals surface area contributed by atoms with Crippen molar-refractivity contribution >= 4 is 5.82 Å². The minimum Gasteiger partial charge on any atom is -0.383 e. The molecule has 0 fully saturated rings. The number of hydrogen-bond donors (Lipinski definition) is 1. The maximum atomic E-state index is 6.42. The van der Waals surface area contributed by atoms with Gasteiger partial charge in [0.15, 0.2) is 0 Å². The lowest BCUT2D eigenvalue weighted by Gasteiger charge is -2.20. The lowest BCUT2D eigenvalue weighted by Crippen LogP contribution is -2.20. The Kier molecular flexibility index (Phi) is 4.40. The smallest absolute Gasteiger partial charge is 0.133 e. The summed E-state index contributed by atoms with van der Waals surface area (Å²) in [6.07, 6.45) is 5.93. The van der Waals surface area contributed by atoms with Gasteiger partial charge in [0.2, 0.25) is 0 Å². The van der Waals surface area contributed by atoms with Crippen LogP contribution in [0.4, 0.5) is 5.82 Å². The monoisotopic (exact) mass is 289 g/mol. The summed E-state index contributed by atoms with van der Waals surface area (Å²) in [6.45, 7) is 12.6. The molecule has 0 atom stereocenters. The number of nitrogens with two attached hydrogens (primary N) is 1. The summed E-state index contributed by atoms with van der Waals surface area (Å²) in [5.74, 6) is 1.80. The minimum absolute atomic E-state index is 0.0306.